The van der Waals surface area contributed by atoms with Crippen LogP contribution < -0.4 is 24.6 Å². The molecule has 3 aromatic carbocycles. The van der Waals surface area contributed by atoms with Crippen LogP contribution in [-0.2, 0) is 30.4 Å². The molecule has 304 valence electrons. The number of hydrogen-bond acceptors (Lipinski definition) is 13. The second kappa shape index (κ2) is 20.9. The third-order valence-electron chi connectivity index (χ3n) is 10.3. The summed E-state index contributed by atoms with van der Waals surface area (Å²) in [6.07, 6.45) is 2.61. The minimum Gasteiger partial charge on any atom is -0.490 e. The Hall–Kier alpha value is -4.86. The molecule has 3 aromatic rings. The van der Waals surface area contributed by atoms with Crippen molar-refractivity contribution >= 4 is 17.5 Å². The molecule has 0 spiro atoms. The number of anilines is 2. The molecule has 2 fully saturated rings. The number of piperidine rings is 1. The zero-order valence-electron chi connectivity index (χ0n) is 32.0. The molecule has 6 rings (SSSR count). The van der Waals surface area contributed by atoms with E-state index in [1.807, 2.05) is 42.5 Å². The zero-order valence-corrected chi connectivity index (χ0v) is 32.0. The summed E-state index contributed by atoms with van der Waals surface area (Å²) >= 11 is 0. The fraction of sp³-hybridized carbons (Fsp3) is 0.537. The molecule has 3 aliphatic heterocycles. The van der Waals surface area contributed by atoms with Crippen molar-refractivity contribution in [2.45, 2.75) is 69.4 Å². The van der Waals surface area contributed by atoms with Gasteiger partial charge in [0.15, 0.2) is 0 Å². The van der Waals surface area contributed by atoms with E-state index in [2.05, 4.69) is 26.0 Å². The van der Waals surface area contributed by atoms with Gasteiger partial charge in [-0.25, -0.2) is 9.18 Å². The van der Waals surface area contributed by atoms with Gasteiger partial charge in [-0.15, -0.1) is 10.1 Å². The first-order valence-corrected chi connectivity index (χ1v) is 19.6. The van der Waals surface area contributed by atoms with E-state index >= 15 is 0 Å². The molecule has 1 N–H and O–H groups in total. The Morgan fingerprint density at radius 3 is 2.59 bits per heavy atom. The molecule has 3 heterocycles. The second-order valence-corrected chi connectivity index (χ2v) is 14.3. The molecule has 0 aromatic heterocycles. The summed E-state index contributed by atoms with van der Waals surface area (Å²) in [5.74, 6) is 1.01. The first kappa shape index (κ1) is 40.8. The number of unbranched alkanes of at least 4 members (excludes halogenated alkanes) is 3. The summed E-state index contributed by atoms with van der Waals surface area (Å²) in [6.45, 7) is 5.95. The minimum absolute atomic E-state index is 0.0442. The highest BCUT2D eigenvalue weighted by Crippen LogP contribution is 2.35. The average molecular weight is 781 g/mol. The van der Waals surface area contributed by atoms with Crippen LogP contribution in [0.25, 0.3) is 0 Å². The van der Waals surface area contributed by atoms with E-state index in [1.165, 1.54) is 6.07 Å². The number of nitrogens with one attached hydrogen (secondary N) is 1. The van der Waals surface area contributed by atoms with Crippen molar-refractivity contribution < 1.29 is 47.5 Å². The van der Waals surface area contributed by atoms with E-state index in [4.69, 9.17) is 28.4 Å². The third kappa shape index (κ3) is 11.8. The molecule has 2 saturated heterocycles. The molecule has 4 atom stereocenters. The Bertz CT molecular complexity index is 1700. The number of benzene rings is 3. The molecule has 0 radical (unpaired) electrons. The largest absolute Gasteiger partial charge is 0.508 e. The predicted octanol–water partition coefficient (Wildman–Crippen LogP) is 6.28. The van der Waals surface area contributed by atoms with Crippen molar-refractivity contribution in [2.24, 2.45) is 0 Å². The molecule has 4 unspecified atom stereocenters. The summed E-state index contributed by atoms with van der Waals surface area (Å²) in [7, 11) is 1.71. The van der Waals surface area contributed by atoms with Crippen LogP contribution in [0.15, 0.2) is 66.7 Å². The lowest BCUT2D eigenvalue weighted by atomic mass is 9.85. The van der Waals surface area contributed by atoms with Crippen LogP contribution in [-0.4, -0.2) is 102 Å². The Morgan fingerprint density at radius 2 is 1.79 bits per heavy atom. The monoisotopic (exact) mass is 780 g/mol. The van der Waals surface area contributed by atoms with Gasteiger partial charge in [0.25, 0.3) is 5.09 Å². The first-order valence-electron chi connectivity index (χ1n) is 19.6. The van der Waals surface area contributed by atoms with Gasteiger partial charge in [-0.1, -0.05) is 30.7 Å². The fourth-order valence-electron chi connectivity index (χ4n) is 7.51. The normalized spacial score (nSPS) is 20.5. The highest BCUT2D eigenvalue weighted by molar-refractivity contribution is 5.61. The van der Waals surface area contributed by atoms with Crippen LogP contribution >= 0.6 is 0 Å². The number of carbonyl (C=O) groups excluding carboxylic acids is 1. The van der Waals surface area contributed by atoms with Gasteiger partial charge in [0.1, 0.15) is 36.1 Å². The maximum Gasteiger partial charge on any atom is 0.508 e. The quantitative estimate of drug-likeness (QED) is 0.0595. The van der Waals surface area contributed by atoms with E-state index in [0.717, 1.165) is 72.9 Å². The standard InChI is InChI=1S/C41H53FN4O10/c1-50-20-7-17-44-19-23-51-37-15-10-30(24-36(37)44)29-53-38-26-43-27-39(56-41(47)52-21-4-2-3-5-22-54-46(48)49)40(38)31-11-13-34(14-12-31)55-35-16-18-45(28-35)33-9-6-8-32(42)25-33/h6,8-15,24-25,35,38-40,43H,2-5,7,16-23,26-29H2,1H3. The molecular weight excluding hydrogens is 727 g/mol. The van der Waals surface area contributed by atoms with Crippen molar-refractivity contribution in [1.29, 1.82) is 0 Å². The van der Waals surface area contributed by atoms with Crippen molar-refractivity contribution in [3.05, 3.63) is 93.8 Å². The first-order chi connectivity index (χ1) is 27.4. The van der Waals surface area contributed by atoms with Gasteiger partial charge in [0.2, 0.25) is 0 Å². The summed E-state index contributed by atoms with van der Waals surface area (Å²) in [5, 5.41) is 12.9. The number of hydrogen-bond donors (Lipinski definition) is 1. The van der Waals surface area contributed by atoms with Gasteiger partial charge in [-0.05, 0) is 79.3 Å². The number of halogens is 1. The summed E-state index contributed by atoms with van der Waals surface area (Å²) in [4.78, 5) is 32.1. The van der Waals surface area contributed by atoms with Crippen LogP contribution in [0.3, 0.4) is 0 Å². The number of nitrogens with zero attached hydrogens (tertiary/aromatic N) is 3. The van der Waals surface area contributed by atoms with E-state index in [0.29, 0.717) is 58.7 Å². The Morgan fingerprint density at radius 1 is 0.964 bits per heavy atom. The van der Waals surface area contributed by atoms with E-state index in [-0.39, 0.29) is 37.2 Å². The number of rotatable bonds is 20. The smallest absolute Gasteiger partial charge is 0.490 e. The van der Waals surface area contributed by atoms with Crippen LogP contribution in [0, 0.1) is 15.9 Å². The molecule has 0 saturated carbocycles. The maximum absolute atomic E-state index is 13.8. The molecule has 15 heteroatoms. The van der Waals surface area contributed by atoms with Crippen molar-refractivity contribution in [1.82, 2.24) is 5.32 Å². The molecule has 3 aliphatic rings. The summed E-state index contributed by atoms with van der Waals surface area (Å²) in [6, 6.07) is 20.6. The van der Waals surface area contributed by atoms with Crippen LogP contribution in [0.4, 0.5) is 20.6 Å². The lowest BCUT2D eigenvalue weighted by molar-refractivity contribution is -0.757. The van der Waals surface area contributed by atoms with E-state index < -0.39 is 17.3 Å². The van der Waals surface area contributed by atoms with E-state index in [9.17, 15) is 19.3 Å². The highest BCUT2D eigenvalue weighted by atomic mass is 19.1. The molecule has 0 aliphatic carbocycles. The molecule has 14 nitrogen and oxygen atoms in total. The average Bonchev–Trinajstić information content (AvgIpc) is 3.67. The van der Waals surface area contributed by atoms with Gasteiger partial charge < -0.3 is 48.4 Å². The summed E-state index contributed by atoms with van der Waals surface area (Å²) in [5.41, 5.74) is 3.83. The van der Waals surface area contributed by atoms with Crippen LogP contribution in [0.5, 0.6) is 11.5 Å². The third-order valence-corrected chi connectivity index (χ3v) is 10.3. The lowest BCUT2D eigenvalue weighted by Crippen LogP contribution is -2.51. The van der Waals surface area contributed by atoms with Crippen molar-refractivity contribution in [2.75, 3.05) is 82.6 Å². The minimum atomic E-state index is -0.798. The van der Waals surface area contributed by atoms with Crippen molar-refractivity contribution in [3.8, 4) is 11.5 Å². The zero-order chi connectivity index (χ0) is 39.1. The molecule has 0 bridgehead atoms. The topological polar surface area (TPSA) is 143 Å². The Balaban J connectivity index is 1.10. The molecule has 56 heavy (non-hydrogen) atoms. The van der Waals surface area contributed by atoms with Crippen LogP contribution in [0.1, 0.15) is 55.6 Å². The van der Waals surface area contributed by atoms with Gasteiger partial charge in [-0.2, -0.15) is 0 Å². The van der Waals surface area contributed by atoms with Gasteiger partial charge in [0, 0.05) is 57.9 Å². The lowest BCUT2D eigenvalue weighted by Gasteiger charge is -2.38. The number of fused-ring (bicyclic) bond motifs is 1. The summed E-state index contributed by atoms with van der Waals surface area (Å²) < 4.78 is 49.5. The van der Waals surface area contributed by atoms with Crippen LogP contribution in [0.2, 0.25) is 0 Å². The number of carbonyl (C=O) groups is 1. The van der Waals surface area contributed by atoms with Gasteiger partial charge >= 0.3 is 6.16 Å². The maximum atomic E-state index is 13.8. The Labute approximate surface area is 327 Å². The predicted molar refractivity (Wildman–Crippen MR) is 207 cm³/mol. The molecule has 0 amide bonds. The van der Waals surface area contributed by atoms with Gasteiger partial charge in [0.05, 0.1) is 44.7 Å². The fourth-order valence-corrected chi connectivity index (χ4v) is 7.51. The SMILES string of the molecule is COCCCN1CCOc2ccc(COC3CNCC(OC(=O)OCCCCCCO[N+](=O)[O-])C3c3ccc(OC4CCN(c5cccc(F)c5)C4)cc3)cc21. The van der Waals surface area contributed by atoms with Gasteiger partial charge in [-0.3, -0.25) is 0 Å². The second-order valence-electron chi connectivity index (χ2n) is 14.3. The number of methoxy groups -OCH3 is 1. The van der Waals surface area contributed by atoms with Crippen molar-refractivity contribution in [3.63, 3.8) is 0 Å². The number of ether oxygens (including phenoxy) is 6. The molecular formula is C41H53FN4O10. The highest BCUT2D eigenvalue weighted by Gasteiger charge is 2.38. The van der Waals surface area contributed by atoms with E-state index in [1.54, 1.807) is 19.2 Å². The Kier molecular flexibility index (Phi) is 15.2.